The first kappa shape index (κ1) is 13.2. The Labute approximate surface area is 109 Å². The van der Waals surface area contributed by atoms with Crippen molar-refractivity contribution in [3.63, 3.8) is 0 Å². The second kappa shape index (κ2) is 6.08. The summed E-state index contributed by atoms with van der Waals surface area (Å²) in [6.45, 7) is -0.139. The van der Waals surface area contributed by atoms with Crippen LogP contribution in [0.15, 0.2) is 18.2 Å². The lowest BCUT2D eigenvalue weighted by Crippen LogP contribution is -2.00. The lowest BCUT2D eigenvalue weighted by molar-refractivity contribution is -0.131. The minimum atomic E-state index is -1.06. The molecule has 0 fully saturated rings. The summed E-state index contributed by atoms with van der Waals surface area (Å²) >= 11 is 0. The normalized spacial score (nSPS) is 12.9. The molecule has 6 heteroatoms. The maximum Gasteiger partial charge on any atom is 0.328 e. The molecule has 1 heterocycles. The molecule has 0 aromatic heterocycles. The van der Waals surface area contributed by atoms with Gasteiger partial charge in [-0.2, -0.15) is 0 Å². The number of carboxylic acids is 1. The largest absolute Gasteiger partial charge is 0.493 e. The standard InChI is InChI=1S/C13H13FO5/c14-4-1-5-17-10-7-12-11(18-8-19-12)6-9(10)2-3-13(15)16/h2-3,6-7H,1,4-5,8H2,(H,15,16)/b3-2+. The minimum absolute atomic E-state index is 0.116. The first-order valence-corrected chi connectivity index (χ1v) is 5.74. The van der Waals surface area contributed by atoms with Crippen LogP contribution < -0.4 is 14.2 Å². The molecule has 0 saturated carbocycles. The van der Waals surface area contributed by atoms with E-state index in [1.165, 1.54) is 6.08 Å². The van der Waals surface area contributed by atoms with Crippen LogP contribution in [-0.2, 0) is 4.79 Å². The van der Waals surface area contributed by atoms with Crippen LogP contribution in [0.3, 0.4) is 0 Å². The monoisotopic (exact) mass is 268 g/mol. The van der Waals surface area contributed by atoms with Crippen molar-refractivity contribution in [1.29, 1.82) is 0 Å². The fourth-order valence-corrected chi connectivity index (χ4v) is 1.59. The molecule has 1 aromatic carbocycles. The molecule has 0 aliphatic carbocycles. The van der Waals surface area contributed by atoms with Crippen LogP contribution in [0.5, 0.6) is 17.2 Å². The molecule has 0 amide bonds. The van der Waals surface area contributed by atoms with Gasteiger partial charge in [0.1, 0.15) is 5.75 Å². The van der Waals surface area contributed by atoms with Crippen molar-refractivity contribution in [2.45, 2.75) is 6.42 Å². The van der Waals surface area contributed by atoms with Crippen LogP contribution in [0.25, 0.3) is 6.08 Å². The third kappa shape index (κ3) is 3.37. The number of carbonyl (C=O) groups is 1. The summed E-state index contributed by atoms with van der Waals surface area (Å²) in [6.07, 6.45) is 2.67. The number of hydrogen-bond donors (Lipinski definition) is 1. The second-order valence-corrected chi connectivity index (χ2v) is 3.81. The molecule has 0 spiro atoms. The molecule has 0 bridgehead atoms. The van der Waals surface area contributed by atoms with E-state index in [9.17, 15) is 9.18 Å². The summed E-state index contributed by atoms with van der Waals surface area (Å²) in [7, 11) is 0. The molecular formula is C13H13FO5. The summed E-state index contributed by atoms with van der Waals surface area (Å²) < 4.78 is 27.9. The number of benzene rings is 1. The number of halogens is 1. The Balaban J connectivity index is 2.24. The number of fused-ring (bicyclic) bond motifs is 1. The van der Waals surface area contributed by atoms with Gasteiger partial charge in [0.25, 0.3) is 0 Å². The van der Waals surface area contributed by atoms with E-state index in [0.717, 1.165) is 6.08 Å². The van der Waals surface area contributed by atoms with E-state index in [1.54, 1.807) is 12.1 Å². The highest BCUT2D eigenvalue weighted by Crippen LogP contribution is 2.38. The van der Waals surface area contributed by atoms with Crippen molar-refractivity contribution in [3.05, 3.63) is 23.8 Å². The number of hydrogen-bond acceptors (Lipinski definition) is 4. The Morgan fingerprint density at radius 2 is 2.16 bits per heavy atom. The average molecular weight is 268 g/mol. The van der Waals surface area contributed by atoms with Gasteiger partial charge in [-0.1, -0.05) is 0 Å². The van der Waals surface area contributed by atoms with E-state index in [1.807, 2.05) is 0 Å². The van der Waals surface area contributed by atoms with Crippen LogP contribution in [-0.4, -0.2) is 31.2 Å². The zero-order chi connectivity index (χ0) is 13.7. The van der Waals surface area contributed by atoms with Gasteiger partial charge in [-0.3, -0.25) is 4.39 Å². The Kier molecular flexibility index (Phi) is 4.22. The molecule has 1 aromatic rings. The molecule has 0 saturated heterocycles. The summed E-state index contributed by atoms with van der Waals surface area (Å²) in [5.41, 5.74) is 0.547. The molecule has 1 aliphatic heterocycles. The van der Waals surface area contributed by atoms with Crippen LogP contribution >= 0.6 is 0 Å². The number of carboxylic acid groups (broad SMARTS) is 1. The predicted molar refractivity (Wildman–Crippen MR) is 65.3 cm³/mol. The topological polar surface area (TPSA) is 65.0 Å². The van der Waals surface area contributed by atoms with Crippen molar-refractivity contribution in [2.75, 3.05) is 20.1 Å². The van der Waals surface area contributed by atoms with Gasteiger partial charge in [0.2, 0.25) is 6.79 Å². The molecule has 1 aliphatic rings. The Morgan fingerprint density at radius 1 is 1.42 bits per heavy atom. The average Bonchev–Trinajstić information content (AvgIpc) is 2.83. The molecule has 102 valence electrons. The number of rotatable bonds is 6. The third-order valence-corrected chi connectivity index (χ3v) is 2.45. The summed E-state index contributed by atoms with van der Waals surface area (Å²) in [5.74, 6) is 0.438. The second-order valence-electron chi connectivity index (χ2n) is 3.81. The first-order valence-electron chi connectivity index (χ1n) is 5.74. The lowest BCUT2D eigenvalue weighted by Gasteiger charge is -2.09. The molecule has 2 rings (SSSR count). The van der Waals surface area contributed by atoms with E-state index < -0.39 is 12.6 Å². The van der Waals surface area contributed by atoms with Crippen molar-refractivity contribution in [1.82, 2.24) is 0 Å². The number of aliphatic carboxylic acids is 1. The SMILES string of the molecule is O=C(O)/C=C/c1cc2c(cc1OCCCF)OCO2. The van der Waals surface area contributed by atoms with Crippen LogP contribution in [0, 0.1) is 0 Å². The highest BCUT2D eigenvalue weighted by Gasteiger charge is 2.17. The number of ether oxygens (including phenoxy) is 3. The summed E-state index contributed by atoms with van der Waals surface area (Å²) in [5, 5.41) is 8.64. The van der Waals surface area contributed by atoms with Gasteiger partial charge in [0.15, 0.2) is 11.5 Å². The Hall–Kier alpha value is -2.24. The predicted octanol–water partition coefficient (Wildman–Crippen LogP) is 2.25. The van der Waals surface area contributed by atoms with Crippen molar-refractivity contribution in [3.8, 4) is 17.2 Å². The van der Waals surface area contributed by atoms with Crippen LogP contribution in [0.1, 0.15) is 12.0 Å². The highest BCUT2D eigenvalue weighted by atomic mass is 19.1. The van der Waals surface area contributed by atoms with Gasteiger partial charge >= 0.3 is 5.97 Å². The molecule has 0 radical (unpaired) electrons. The van der Waals surface area contributed by atoms with Gasteiger partial charge in [-0.05, 0) is 12.1 Å². The quantitative estimate of drug-likeness (QED) is 0.633. The van der Waals surface area contributed by atoms with Gasteiger partial charge in [0, 0.05) is 24.1 Å². The molecular weight excluding hydrogens is 255 g/mol. The van der Waals surface area contributed by atoms with Crippen molar-refractivity contribution in [2.24, 2.45) is 0 Å². The van der Waals surface area contributed by atoms with Gasteiger partial charge in [-0.25, -0.2) is 4.79 Å². The van der Waals surface area contributed by atoms with Gasteiger partial charge in [-0.15, -0.1) is 0 Å². The van der Waals surface area contributed by atoms with E-state index in [0.29, 0.717) is 22.8 Å². The summed E-state index contributed by atoms with van der Waals surface area (Å²) in [6, 6.07) is 3.24. The van der Waals surface area contributed by atoms with E-state index in [-0.39, 0.29) is 19.8 Å². The lowest BCUT2D eigenvalue weighted by atomic mass is 10.1. The van der Waals surface area contributed by atoms with Crippen LogP contribution in [0.4, 0.5) is 4.39 Å². The maximum absolute atomic E-state index is 12.1. The maximum atomic E-state index is 12.1. The molecule has 5 nitrogen and oxygen atoms in total. The van der Waals surface area contributed by atoms with Crippen molar-refractivity contribution < 1.29 is 28.5 Å². The van der Waals surface area contributed by atoms with E-state index in [2.05, 4.69) is 0 Å². The molecule has 0 unspecified atom stereocenters. The smallest absolute Gasteiger partial charge is 0.328 e. The first-order chi connectivity index (χ1) is 9.20. The van der Waals surface area contributed by atoms with E-state index in [4.69, 9.17) is 19.3 Å². The minimum Gasteiger partial charge on any atom is -0.493 e. The van der Waals surface area contributed by atoms with Gasteiger partial charge in [0.05, 0.1) is 13.3 Å². The molecule has 0 atom stereocenters. The Morgan fingerprint density at radius 3 is 2.84 bits per heavy atom. The molecule has 19 heavy (non-hydrogen) atoms. The number of alkyl halides is 1. The fourth-order valence-electron chi connectivity index (χ4n) is 1.59. The van der Waals surface area contributed by atoms with Crippen LogP contribution in [0.2, 0.25) is 0 Å². The highest BCUT2D eigenvalue weighted by molar-refractivity contribution is 5.86. The van der Waals surface area contributed by atoms with Crippen molar-refractivity contribution >= 4 is 12.0 Å². The third-order valence-electron chi connectivity index (χ3n) is 2.45. The Bertz CT molecular complexity index is 498. The summed E-state index contributed by atoms with van der Waals surface area (Å²) in [4.78, 5) is 10.5. The van der Waals surface area contributed by atoms with E-state index >= 15 is 0 Å². The zero-order valence-corrected chi connectivity index (χ0v) is 10.1. The fraction of sp³-hybridized carbons (Fsp3) is 0.308. The van der Waals surface area contributed by atoms with Gasteiger partial charge < -0.3 is 19.3 Å². The zero-order valence-electron chi connectivity index (χ0n) is 10.1. The molecule has 1 N–H and O–H groups in total.